The van der Waals surface area contributed by atoms with Crippen LogP contribution in [0.3, 0.4) is 0 Å². The van der Waals surface area contributed by atoms with E-state index in [1.807, 2.05) is 0 Å². The fraction of sp³-hybridized carbons (Fsp3) is 0.471. The molecule has 2 aromatic rings. The molecule has 2 aliphatic rings. The van der Waals surface area contributed by atoms with Crippen LogP contribution in [0.15, 0.2) is 35.2 Å². The first-order chi connectivity index (χ1) is 11.3. The second kappa shape index (κ2) is 6.19. The van der Waals surface area contributed by atoms with Crippen LogP contribution >= 0.6 is 11.3 Å². The number of pyridine rings is 1. The Morgan fingerprint density at radius 3 is 3.13 bits per heavy atom. The molecule has 0 bridgehead atoms. The van der Waals surface area contributed by atoms with Crippen LogP contribution in [0.2, 0.25) is 0 Å². The Hall–Kier alpha value is -1.50. The van der Waals surface area contributed by atoms with Gasteiger partial charge in [0.1, 0.15) is 0 Å². The maximum Gasteiger partial charge on any atom is 0.250 e. The Kier molecular flexibility index (Phi) is 4.05. The Morgan fingerprint density at radius 2 is 2.35 bits per heavy atom. The third-order valence-electron chi connectivity index (χ3n) is 4.71. The lowest BCUT2D eigenvalue weighted by Gasteiger charge is -2.50. The Morgan fingerprint density at radius 1 is 1.43 bits per heavy atom. The molecule has 0 N–H and O–H groups in total. The fourth-order valence-electron chi connectivity index (χ4n) is 3.49. The standard InChI is InChI=1S/C17H19FN2O2S/c18-15-2-1-5-19-16(15)21-9-14-3-6-22-17(14)11-20(12-17)8-13-4-7-23-10-13/h1-2,4-5,7,10,14H,3,6,8-9,11-12H2. The number of aromatic nitrogens is 1. The van der Waals surface area contributed by atoms with Crippen LogP contribution in [0.1, 0.15) is 12.0 Å². The minimum atomic E-state index is -0.409. The average molecular weight is 334 g/mol. The van der Waals surface area contributed by atoms with E-state index in [-0.39, 0.29) is 11.5 Å². The number of nitrogens with zero attached hydrogens (tertiary/aromatic N) is 2. The normalized spacial score (nSPS) is 23.1. The van der Waals surface area contributed by atoms with Crippen LogP contribution in [0.5, 0.6) is 5.88 Å². The van der Waals surface area contributed by atoms with Gasteiger partial charge in [0.05, 0.1) is 12.2 Å². The summed E-state index contributed by atoms with van der Waals surface area (Å²) in [5.41, 5.74) is 1.23. The summed E-state index contributed by atoms with van der Waals surface area (Å²) >= 11 is 1.73. The van der Waals surface area contributed by atoms with Crippen molar-refractivity contribution in [2.45, 2.75) is 18.6 Å². The van der Waals surface area contributed by atoms with Gasteiger partial charge in [0.2, 0.25) is 5.88 Å². The molecule has 4 heterocycles. The highest BCUT2D eigenvalue weighted by atomic mass is 32.1. The van der Waals surface area contributed by atoms with E-state index in [2.05, 4.69) is 26.7 Å². The van der Waals surface area contributed by atoms with Crippen LogP contribution in [0, 0.1) is 11.7 Å². The van der Waals surface area contributed by atoms with E-state index in [4.69, 9.17) is 9.47 Å². The zero-order valence-electron chi connectivity index (χ0n) is 12.8. The quantitative estimate of drug-likeness (QED) is 0.842. The second-order valence-corrected chi connectivity index (χ2v) is 7.06. The second-order valence-electron chi connectivity index (χ2n) is 6.28. The molecule has 0 saturated carbocycles. The van der Waals surface area contributed by atoms with Crippen LogP contribution in [0.4, 0.5) is 4.39 Å². The molecule has 1 spiro atoms. The van der Waals surface area contributed by atoms with E-state index in [0.29, 0.717) is 12.5 Å². The number of hydrogen-bond donors (Lipinski definition) is 0. The summed E-state index contributed by atoms with van der Waals surface area (Å²) in [6.45, 7) is 4.02. The van der Waals surface area contributed by atoms with E-state index in [1.165, 1.54) is 11.6 Å². The van der Waals surface area contributed by atoms with Gasteiger partial charge in [-0.15, -0.1) is 0 Å². The minimum absolute atomic E-state index is 0.0870. The fourth-order valence-corrected chi connectivity index (χ4v) is 4.15. The van der Waals surface area contributed by atoms with E-state index in [0.717, 1.165) is 32.7 Å². The van der Waals surface area contributed by atoms with E-state index in [9.17, 15) is 4.39 Å². The van der Waals surface area contributed by atoms with Gasteiger partial charge in [-0.05, 0) is 40.9 Å². The molecule has 0 aromatic carbocycles. The number of likely N-dealkylation sites (tertiary alicyclic amines) is 1. The predicted molar refractivity (Wildman–Crippen MR) is 86.1 cm³/mol. The molecule has 1 atom stereocenters. The predicted octanol–water partition coefficient (Wildman–Crippen LogP) is 2.95. The lowest BCUT2D eigenvalue weighted by molar-refractivity contribution is -0.140. The van der Waals surface area contributed by atoms with Crippen LogP contribution in [-0.2, 0) is 11.3 Å². The zero-order valence-corrected chi connectivity index (χ0v) is 13.6. The Balaban J connectivity index is 1.34. The monoisotopic (exact) mass is 334 g/mol. The van der Waals surface area contributed by atoms with Gasteiger partial charge < -0.3 is 9.47 Å². The maximum absolute atomic E-state index is 13.6. The Labute approximate surface area is 138 Å². The van der Waals surface area contributed by atoms with Crippen molar-refractivity contribution in [3.63, 3.8) is 0 Å². The van der Waals surface area contributed by atoms with Gasteiger partial charge in [-0.1, -0.05) is 0 Å². The van der Waals surface area contributed by atoms with Gasteiger partial charge in [-0.3, -0.25) is 4.90 Å². The molecular weight excluding hydrogens is 315 g/mol. The van der Waals surface area contributed by atoms with Crippen molar-refractivity contribution >= 4 is 11.3 Å². The third kappa shape index (κ3) is 2.98. The summed E-state index contributed by atoms with van der Waals surface area (Å²) in [6.07, 6.45) is 2.51. The lowest BCUT2D eigenvalue weighted by Crippen LogP contribution is -2.64. The molecule has 4 rings (SSSR count). The summed E-state index contributed by atoms with van der Waals surface area (Å²) in [4.78, 5) is 6.34. The Bertz CT molecular complexity index is 658. The molecule has 6 heteroatoms. The third-order valence-corrected chi connectivity index (χ3v) is 5.45. The first-order valence-corrected chi connectivity index (χ1v) is 8.80. The van der Waals surface area contributed by atoms with Crippen LogP contribution in [0.25, 0.3) is 0 Å². The van der Waals surface area contributed by atoms with Gasteiger partial charge in [0.15, 0.2) is 5.82 Å². The van der Waals surface area contributed by atoms with Gasteiger partial charge in [0, 0.05) is 38.4 Å². The highest BCUT2D eigenvalue weighted by Crippen LogP contribution is 2.40. The highest BCUT2D eigenvalue weighted by molar-refractivity contribution is 7.07. The molecule has 1 unspecified atom stereocenters. The molecule has 0 amide bonds. The van der Waals surface area contributed by atoms with Gasteiger partial charge in [-0.2, -0.15) is 11.3 Å². The molecular formula is C17H19FN2O2S. The first-order valence-electron chi connectivity index (χ1n) is 7.86. The number of thiophene rings is 1. The van der Waals surface area contributed by atoms with E-state index >= 15 is 0 Å². The lowest BCUT2D eigenvalue weighted by atomic mass is 9.81. The summed E-state index contributed by atoms with van der Waals surface area (Å²) in [5, 5.41) is 4.29. The topological polar surface area (TPSA) is 34.6 Å². The van der Waals surface area contributed by atoms with Crippen molar-refractivity contribution < 1.29 is 13.9 Å². The molecule has 0 aliphatic carbocycles. The summed E-state index contributed by atoms with van der Waals surface area (Å²) in [6, 6.07) is 5.10. The zero-order chi connectivity index (χ0) is 15.7. The molecule has 2 saturated heterocycles. The molecule has 4 nitrogen and oxygen atoms in total. The maximum atomic E-state index is 13.6. The van der Waals surface area contributed by atoms with Crippen molar-refractivity contribution in [2.75, 3.05) is 26.3 Å². The number of rotatable bonds is 5. The number of ether oxygens (including phenoxy) is 2. The summed E-state index contributed by atoms with van der Waals surface area (Å²) in [7, 11) is 0. The SMILES string of the molecule is Fc1cccnc1OCC1CCOC12CN(Cc1ccsc1)C2. The largest absolute Gasteiger partial charge is 0.475 e. The van der Waals surface area contributed by atoms with Crippen LogP contribution < -0.4 is 4.74 Å². The minimum Gasteiger partial charge on any atom is -0.475 e. The van der Waals surface area contributed by atoms with Gasteiger partial charge in [-0.25, -0.2) is 9.37 Å². The van der Waals surface area contributed by atoms with Crippen molar-refractivity contribution in [1.29, 1.82) is 0 Å². The molecule has 2 aromatic heterocycles. The van der Waals surface area contributed by atoms with E-state index < -0.39 is 5.82 Å². The van der Waals surface area contributed by atoms with Crippen molar-refractivity contribution in [2.24, 2.45) is 5.92 Å². The van der Waals surface area contributed by atoms with Crippen molar-refractivity contribution in [3.8, 4) is 5.88 Å². The van der Waals surface area contributed by atoms with Gasteiger partial charge >= 0.3 is 0 Å². The van der Waals surface area contributed by atoms with Crippen molar-refractivity contribution in [3.05, 3.63) is 46.5 Å². The number of hydrogen-bond acceptors (Lipinski definition) is 5. The highest BCUT2D eigenvalue weighted by Gasteiger charge is 2.53. The molecule has 122 valence electrons. The first kappa shape index (κ1) is 15.1. The smallest absolute Gasteiger partial charge is 0.250 e. The molecule has 23 heavy (non-hydrogen) atoms. The van der Waals surface area contributed by atoms with Crippen LogP contribution in [-0.4, -0.2) is 41.8 Å². The molecule has 2 fully saturated rings. The number of halogens is 1. The van der Waals surface area contributed by atoms with E-state index in [1.54, 1.807) is 23.6 Å². The summed E-state index contributed by atoms with van der Waals surface area (Å²) < 4.78 is 25.2. The van der Waals surface area contributed by atoms with Crippen molar-refractivity contribution in [1.82, 2.24) is 9.88 Å². The summed E-state index contributed by atoms with van der Waals surface area (Å²) in [5.74, 6) is -0.0280. The van der Waals surface area contributed by atoms with Gasteiger partial charge in [0.25, 0.3) is 0 Å². The average Bonchev–Trinajstić information content (AvgIpc) is 3.16. The molecule has 0 radical (unpaired) electrons. The molecule has 2 aliphatic heterocycles.